The van der Waals surface area contributed by atoms with Crippen LogP contribution in [0.4, 0.5) is 18.9 Å². The van der Waals surface area contributed by atoms with Crippen LogP contribution >= 0.6 is 0 Å². The van der Waals surface area contributed by atoms with Gasteiger partial charge in [-0.3, -0.25) is 4.79 Å². The third kappa shape index (κ3) is 7.42. The molecule has 0 aliphatic rings. The Kier molecular flexibility index (Phi) is 8.27. The van der Waals surface area contributed by atoms with Crippen LogP contribution in [0.3, 0.4) is 0 Å². The lowest BCUT2D eigenvalue weighted by Gasteiger charge is -2.11. The van der Waals surface area contributed by atoms with Crippen LogP contribution < -0.4 is 14.8 Å². The van der Waals surface area contributed by atoms with Gasteiger partial charge in [-0.2, -0.15) is 0 Å². The molecule has 2 N–H and O–H groups in total. The maximum absolute atomic E-state index is 12.4. The van der Waals surface area contributed by atoms with Crippen molar-refractivity contribution in [3.8, 4) is 5.75 Å². The van der Waals surface area contributed by atoms with E-state index in [-0.39, 0.29) is 22.3 Å². The van der Waals surface area contributed by atoms with E-state index in [2.05, 4.69) is 14.8 Å². The average Bonchev–Trinajstić information content (AvgIpc) is 2.97. The highest BCUT2D eigenvalue weighted by molar-refractivity contribution is 7.89. The van der Waals surface area contributed by atoms with Crippen molar-refractivity contribution in [3.63, 3.8) is 0 Å². The summed E-state index contributed by atoms with van der Waals surface area (Å²) in [5.41, 5.74) is 0.0777. The van der Waals surface area contributed by atoms with Gasteiger partial charge in [-0.25, -0.2) is 13.1 Å². The second kappa shape index (κ2) is 9.79. The Morgan fingerprint density at radius 2 is 1.79 bits per heavy atom. The highest BCUT2D eigenvalue weighted by Crippen LogP contribution is 2.25. The van der Waals surface area contributed by atoms with Crippen LogP contribution in [0.5, 0.6) is 5.75 Å². The molecule has 1 amide bonds. The summed E-state index contributed by atoms with van der Waals surface area (Å²) in [4.78, 5) is 12.3. The van der Waals surface area contributed by atoms with E-state index in [0.717, 1.165) is 12.1 Å². The Morgan fingerprint density at radius 1 is 1.17 bits per heavy atom. The maximum atomic E-state index is 12.4. The maximum Gasteiger partial charge on any atom is 0.573 e. The van der Waals surface area contributed by atoms with Gasteiger partial charge in [0.15, 0.2) is 0 Å². The van der Waals surface area contributed by atoms with Gasteiger partial charge >= 0.3 is 6.36 Å². The summed E-state index contributed by atoms with van der Waals surface area (Å²) in [6.07, 6.45) is -3.59. The molecule has 2 rings (SSSR count). The first kappa shape index (κ1) is 24.5. The zero-order valence-electron chi connectivity index (χ0n) is 16.7. The number of benzene rings is 1. The van der Waals surface area contributed by atoms with E-state index in [1.54, 1.807) is 13.8 Å². The predicted molar refractivity (Wildman–Crippen MR) is 103 cm³/mol. The number of nitrogens with zero attached hydrogens (tertiary/aromatic N) is 1. The zero-order chi connectivity index (χ0) is 22.4. The molecule has 2 aromatic rings. The van der Waals surface area contributed by atoms with Gasteiger partial charge in [0.25, 0.3) is 5.91 Å². The molecule has 0 saturated heterocycles. The number of nitrogens with one attached hydrogen (secondary N) is 2. The lowest BCUT2D eigenvalue weighted by molar-refractivity contribution is -0.274. The summed E-state index contributed by atoms with van der Waals surface area (Å²) in [5, 5.41) is 2.41. The number of carbonyl (C=O) groups is 1. The van der Waals surface area contributed by atoms with Crippen LogP contribution in [-0.2, 0) is 17.1 Å². The number of sulfonamides is 1. The normalized spacial score (nSPS) is 11.6. The fourth-order valence-electron chi connectivity index (χ4n) is 2.25. The molecule has 29 heavy (non-hydrogen) atoms. The fraction of sp³-hybridized carbons (Fsp3) is 0.389. The fourth-order valence-corrected chi connectivity index (χ4v) is 3.57. The van der Waals surface area contributed by atoms with E-state index in [1.807, 2.05) is 13.8 Å². The number of amides is 1. The number of halogens is 3. The molecule has 11 heteroatoms. The second-order valence-corrected chi connectivity index (χ2v) is 7.69. The van der Waals surface area contributed by atoms with Crippen molar-refractivity contribution in [1.82, 2.24) is 9.29 Å². The van der Waals surface area contributed by atoms with Crippen molar-refractivity contribution in [3.05, 3.63) is 42.2 Å². The van der Waals surface area contributed by atoms with Crippen molar-refractivity contribution in [2.24, 2.45) is 7.05 Å². The van der Waals surface area contributed by atoms with E-state index in [4.69, 9.17) is 0 Å². The number of aryl methyl sites for hydroxylation is 1. The van der Waals surface area contributed by atoms with Crippen molar-refractivity contribution >= 4 is 21.6 Å². The van der Waals surface area contributed by atoms with Gasteiger partial charge in [0, 0.05) is 31.0 Å². The predicted octanol–water partition coefficient (Wildman–Crippen LogP) is 3.89. The standard InChI is InChI=1S/C16H18F3N3O4S.C2H6/c1-10(2)21-27(24,25)13-8-14(22(3)9-13)15(23)20-11-5-4-6-12(7-11)26-16(17,18)19;1-2/h4-10,21H,1-3H3,(H,20,23);1-2H3. The quantitative estimate of drug-likeness (QED) is 0.721. The number of rotatable bonds is 6. The van der Waals surface area contributed by atoms with Gasteiger partial charge in [-0.05, 0) is 32.0 Å². The van der Waals surface area contributed by atoms with E-state index < -0.39 is 28.0 Å². The summed E-state index contributed by atoms with van der Waals surface area (Å²) < 4.78 is 68.7. The molecule has 1 heterocycles. The first-order chi connectivity index (χ1) is 13.4. The van der Waals surface area contributed by atoms with Crippen molar-refractivity contribution in [2.45, 2.75) is 45.0 Å². The van der Waals surface area contributed by atoms with Gasteiger partial charge in [0.1, 0.15) is 16.3 Å². The van der Waals surface area contributed by atoms with E-state index in [0.29, 0.717) is 0 Å². The Labute approximate surface area is 167 Å². The molecule has 1 aromatic heterocycles. The molecule has 0 spiro atoms. The Bertz CT molecular complexity index is 938. The Balaban J connectivity index is 0.00000204. The van der Waals surface area contributed by atoms with Crippen molar-refractivity contribution in [1.29, 1.82) is 0 Å². The lowest BCUT2D eigenvalue weighted by atomic mass is 10.3. The Hall–Kier alpha value is -2.53. The number of anilines is 1. The minimum atomic E-state index is -4.85. The van der Waals surface area contributed by atoms with Crippen LogP contribution in [0, 0.1) is 0 Å². The topological polar surface area (TPSA) is 89.4 Å². The molecule has 0 aliphatic carbocycles. The summed E-state index contributed by atoms with van der Waals surface area (Å²) in [6, 6.07) is 5.60. The molecule has 0 fully saturated rings. The summed E-state index contributed by atoms with van der Waals surface area (Å²) in [6.45, 7) is 7.31. The van der Waals surface area contributed by atoms with Crippen LogP contribution in [0.15, 0.2) is 41.4 Å². The van der Waals surface area contributed by atoms with Gasteiger partial charge in [-0.1, -0.05) is 19.9 Å². The van der Waals surface area contributed by atoms with E-state index in [9.17, 15) is 26.4 Å². The van der Waals surface area contributed by atoms with Crippen LogP contribution in [-0.4, -0.2) is 31.3 Å². The summed E-state index contributed by atoms with van der Waals surface area (Å²) >= 11 is 0. The van der Waals surface area contributed by atoms with E-state index in [1.165, 1.54) is 36.0 Å². The number of hydrogen-bond donors (Lipinski definition) is 2. The van der Waals surface area contributed by atoms with Gasteiger partial charge in [-0.15, -0.1) is 13.2 Å². The summed E-state index contributed by atoms with van der Waals surface area (Å²) in [7, 11) is -2.31. The molecule has 0 aliphatic heterocycles. The largest absolute Gasteiger partial charge is 0.573 e. The number of carbonyl (C=O) groups excluding carboxylic acids is 1. The van der Waals surface area contributed by atoms with Crippen LogP contribution in [0.1, 0.15) is 38.2 Å². The van der Waals surface area contributed by atoms with Crippen molar-refractivity contribution in [2.75, 3.05) is 5.32 Å². The lowest BCUT2D eigenvalue weighted by Crippen LogP contribution is -2.29. The number of hydrogen-bond acceptors (Lipinski definition) is 4. The highest BCUT2D eigenvalue weighted by Gasteiger charge is 2.31. The molecule has 0 bridgehead atoms. The molecule has 162 valence electrons. The minimum absolute atomic E-state index is 0.0151. The number of ether oxygens (including phenoxy) is 1. The zero-order valence-corrected chi connectivity index (χ0v) is 17.5. The minimum Gasteiger partial charge on any atom is -0.406 e. The molecule has 0 saturated carbocycles. The molecule has 7 nitrogen and oxygen atoms in total. The molecular formula is C18H24F3N3O4S. The number of aromatic nitrogens is 1. The van der Waals surface area contributed by atoms with Gasteiger partial charge in [0.2, 0.25) is 10.0 Å². The monoisotopic (exact) mass is 435 g/mol. The van der Waals surface area contributed by atoms with Gasteiger partial charge in [0.05, 0.1) is 0 Å². The third-order valence-electron chi connectivity index (χ3n) is 3.24. The molecule has 1 aromatic carbocycles. The first-order valence-corrected chi connectivity index (χ1v) is 10.2. The third-order valence-corrected chi connectivity index (χ3v) is 4.86. The second-order valence-electron chi connectivity index (χ2n) is 5.98. The average molecular weight is 435 g/mol. The molecule has 0 unspecified atom stereocenters. The van der Waals surface area contributed by atoms with E-state index >= 15 is 0 Å². The van der Waals surface area contributed by atoms with Crippen molar-refractivity contribution < 1.29 is 31.1 Å². The molecular weight excluding hydrogens is 411 g/mol. The van der Waals surface area contributed by atoms with Crippen LogP contribution in [0.25, 0.3) is 0 Å². The number of alkyl halides is 3. The highest BCUT2D eigenvalue weighted by atomic mass is 32.2. The smallest absolute Gasteiger partial charge is 0.406 e. The van der Waals surface area contributed by atoms with Crippen LogP contribution in [0.2, 0.25) is 0 Å². The Morgan fingerprint density at radius 3 is 2.34 bits per heavy atom. The first-order valence-electron chi connectivity index (χ1n) is 8.73. The molecule has 0 radical (unpaired) electrons. The summed E-state index contributed by atoms with van der Waals surface area (Å²) in [5.74, 6) is -1.18. The van der Waals surface area contributed by atoms with Gasteiger partial charge < -0.3 is 14.6 Å². The SMILES string of the molecule is CC.CC(C)NS(=O)(=O)c1cc(C(=O)Nc2cccc(OC(F)(F)F)c2)n(C)c1. The molecule has 0 atom stereocenters.